The van der Waals surface area contributed by atoms with Crippen LogP contribution in [0.4, 0.5) is 0 Å². The van der Waals surface area contributed by atoms with E-state index in [1.165, 1.54) is 16.7 Å². The van der Waals surface area contributed by atoms with Gasteiger partial charge in [0.05, 0.1) is 6.61 Å². The third-order valence-electron chi connectivity index (χ3n) is 2.92. The van der Waals surface area contributed by atoms with Gasteiger partial charge in [0.1, 0.15) is 0 Å². The minimum atomic E-state index is 0.726. The van der Waals surface area contributed by atoms with E-state index < -0.39 is 0 Å². The van der Waals surface area contributed by atoms with Crippen LogP contribution in [0.25, 0.3) is 0 Å². The van der Waals surface area contributed by atoms with Gasteiger partial charge in [0.2, 0.25) is 0 Å². The predicted octanol–water partition coefficient (Wildman–Crippen LogP) is 3.52. The zero-order chi connectivity index (χ0) is 11.3. The maximum atomic E-state index is 5.20. The van der Waals surface area contributed by atoms with Crippen LogP contribution < -0.4 is 0 Å². The fraction of sp³-hybridized carbons (Fsp3) is 0.571. The zero-order valence-corrected chi connectivity index (χ0v) is 10.4. The lowest BCUT2D eigenvalue weighted by atomic mass is 9.93. The van der Waals surface area contributed by atoms with Crippen molar-refractivity contribution in [2.75, 3.05) is 7.11 Å². The summed E-state index contributed by atoms with van der Waals surface area (Å²) in [6.45, 7) is 7.42. The van der Waals surface area contributed by atoms with Crippen LogP contribution in [0, 0.1) is 0 Å². The first kappa shape index (κ1) is 12.3. The molecule has 0 aliphatic carbocycles. The van der Waals surface area contributed by atoms with Crippen LogP contribution in [0.15, 0.2) is 12.1 Å². The first-order chi connectivity index (χ1) is 7.26. The summed E-state index contributed by atoms with van der Waals surface area (Å²) in [5, 5.41) is 0. The minimum Gasteiger partial charge on any atom is -0.380 e. The molecule has 0 aliphatic heterocycles. The van der Waals surface area contributed by atoms with E-state index in [1.807, 2.05) is 0 Å². The van der Waals surface area contributed by atoms with Crippen LogP contribution in [0.2, 0.25) is 0 Å². The summed E-state index contributed by atoms with van der Waals surface area (Å²) in [6.07, 6.45) is 3.38. The fourth-order valence-corrected chi connectivity index (χ4v) is 2.20. The van der Waals surface area contributed by atoms with Crippen molar-refractivity contribution in [2.45, 2.75) is 46.6 Å². The lowest BCUT2D eigenvalue weighted by Gasteiger charge is -2.14. The Morgan fingerprint density at radius 2 is 1.47 bits per heavy atom. The molecule has 1 rings (SSSR count). The van der Waals surface area contributed by atoms with Gasteiger partial charge in [-0.3, -0.25) is 0 Å². The lowest BCUT2D eigenvalue weighted by molar-refractivity contribution is 0.185. The van der Waals surface area contributed by atoms with Gasteiger partial charge in [0.25, 0.3) is 0 Å². The average molecular weight is 206 g/mol. The largest absolute Gasteiger partial charge is 0.380 e. The van der Waals surface area contributed by atoms with Crippen molar-refractivity contribution in [3.63, 3.8) is 0 Å². The zero-order valence-electron chi connectivity index (χ0n) is 10.4. The highest BCUT2D eigenvalue weighted by Gasteiger charge is 2.06. The molecule has 1 heteroatoms. The summed E-state index contributed by atoms with van der Waals surface area (Å²) < 4.78 is 5.20. The Morgan fingerprint density at radius 1 is 0.933 bits per heavy atom. The number of aryl methyl sites for hydroxylation is 2. The van der Waals surface area contributed by atoms with Crippen molar-refractivity contribution in [1.29, 1.82) is 0 Å². The number of hydrogen-bond donors (Lipinski definition) is 0. The molecule has 1 nitrogen and oxygen atoms in total. The Bertz CT molecular complexity index is 290. The molecule has 0 fully saturated rings. The van der Waals surface area contributed by atoms with Gasteiger partial charge in [-0.2, -0.15) is 0 Å². The van der Waals surface area contributed by atoms with Gasteiger partial charge in [-0.1, -0.05) is 32.9 Å². The molecule has 0 spiro atoms. The molecule has 0 N–H and O–H groups in total. The number of hydrogen-bond acceptors (Lipinski definition) is 1. The number of benzene rings is 1. The fourth-order valence-electron chi connectivity index (χ4n) is 2.20. The van der Waals surface area contributed by atoms with Gasteiger partial charge in [-0.25, -0.2) is 0 Å². The van der Waals surface area contributed by atoms with Gasteiger partial charge >= 0.3 is 0 Å². The molecule has 1 aromatic rings. The van der Waals surface area contributed by atoms with Crippen LogP contribution in [-0.2, 0) is 30.6 Å². The second-order valence-corrected chi connectivity index (χ2v) is 3.89. The maximum Gasteiger partial charge on any atom is 0.0713 e. The Hall–Kier alpha value is -0.820. The topological polar surface area (TPSA) is 9.23 Å². The maximum absolute atomic E-state index is 5.20. The molecule has 0 aromatic heterocycles. The van der Waals surface area contributed by atoms with Crippen molar-refractivity contribution in [3.05, 3.63) is 34.4 Å². The molecule has 0 saturated carbocycles. The van der Waals surface area contributed by atoms with Gasteiger partial charge in [0.15, 0.2) is 0 Å². The van der Waals surface area contributed by atoms with Crippen LogP contribution in [0.5, 0.6) is 0 Å². The van der Waals surface area contributed by atoms with E-state index in [0.717, 1.165) is 25.9 Å². The van der Waals surface area contributed by atoms with Crippen LogP contribution in [-0.4, -0.2) is 7.11 Å². The van der Waals surface area contributed by atoms with Crippen molar-refractivity contribution in [1.82, 2.24) is 0 Å². The highest BCUT2D eigenvalue weighted by atomic mass is 16.5. The molecule has 0 saturated heterocycles. The number of rotatable bonds is 5. The summed E-state index contributed by atoms with van der Waals surface area (Å²) >= 11 is 0. The first-order valence-corrected chi connectivity index (χ1v) is 5.89. The molecular weight excluding hydrogens is 184 g/mol. The molecule has 1 aromatic carbocycles. The smallest absolute Gasteiger partial charge is 0.0713 e. The average Bonchev–Trinajstić information content (AvgIpc) is 2.28. The summed E-state index contributed by atoms with van der Waals surface area (Å²) in [7, 11) is 1.75. The Kier molecular flexibility index (Phi) is 4.83. The second kappa shape index (κ2) is 5.92. The van der Waals surface area contributed by atoms with E-state index in [2.05, 4.69) is 32.9 Å². The SMILES string of the molecule is CCc1cc(COC)cc(CC)c1CC. The minimum absolute atomic E-state index is 0.726. The van der Waals surface area contributed by atoms with Crippen LogP contribution in [0.1, 0.15) is 43.0 Å². The molecule has 0 bridgehead atoms. The Balaban J connectivity index is 3.16. The third-order valence-corrected chi connectivity index (χ3v) is 2.92. The Morgan fingerprint density at radius 3 is 1.80 bits per heavy atom. The number of ether oxygens (including phenoxy) is 1. The highest BCUT2D eigenvalue weighted by Crippen LogP contribution is 2.20. The van der Waals surface area contributed by atoms with E-state index in [0.29, 0.717) is 0 Å². The van der Waals surface area contributed by atoms with Gasteiger partial charge in [-0.05, 0) is 41.5 Å². The van der Waals surface area contributed by atoms with E-state index in [9.17, 15) is 0 Å². The molecule has 0 atom stereocenters. The molecular formula is C14H22O. The van der Waals surface area contributed by atoms with Gasteiger partial charge < -0.3 is 4.74 Å². The standard InChI is InChI=1S/C14H22O/c1-5-12-8-11(10-15-4)9-13(6-2)14(12)7-3/h8-9H,5-7,10H2,1-4H3. The van der Waals surface area contributed by atoms with Crippen molar-refractivity contribution < 1.29 is 4.74 Å². The van der Waals surface area contributed by atoms with Gasteiger partial charge in [-0.15, -0.1) is 0 Å². The van der Waals surface area contributed by atoms with E-state index in [-0.39, 0.29) is 0 Å². The monoisotopic (exact) mass is 206 g/mol. The molecule has 0 amide bonds. The highest BCUT2D eigenvalue weighted by molar-refractivity contribution is 5.39. The van der Waals surface area contributed by atoms with Gasteiger partial charge in [0, 0.05) is 7.11 Å². The summed E-state index contributed by atoms with van der Waals surface area (Å²) in [5.41, 5.74) is 5.83. The Labute approximate surface area is 93.5 Å². The van der Waals surface area contributed by atoms with Crippen molar-refractivity contribution in [3.8, 4) is 0 Å². The molecule has 0 heterocycles. The lowest BCUT2D eigenvalue weighted by Crippen LogP contribution is -2.01. The normalized spacial score (nSPS) is 10.7. The molecule has 0 unspecified atom stereocenters. The van der Waals surface area contributed by atoms with E-state index in [4.69, 9.17) is 4.74 Å². The number of methoxy groups -OCH3 is 1. The summed E-state index contributed by atoms with van der Waals surface area (Å²) in [6, 6.07) is 4.59. The molecule has 84 valence electrons. The second-order valence-electron chi connectivity index (χ2n) is 3.89. The summed E-state index contributed by atoms with van der Waals surface area (Å²) in [5.74, 6) is 0. The molecule has 0 radical (unpaired) electrons. The van der Waals surface area contributed by atoms with Crippen molar-refractivity contribution in [2.24, 2.45) is 0 Å². The third kappa shape index (κ3) is 2.82. The molecule has 0 aliphatic rings. The first-order valence-electron chi connectivity index (χ1n) is 5.89. The van der Waals surface area contributed by atoms with E-state index in [1.54, 1.807) is 12.7 Å². The van der Waals surface area contributed by atoms with Crippen LogP contribution >= 0.6 is 0 Å². The van der Waals surface area contributed by atoms with Crippen LogP contribution in [0.3, 0.4) is 0 Å². The summed E-state index contributed by atoms with van der Waals surface area (Å²) in [4.78, 5) is 0. The quantitative estimate of drug-likeness (QED) is 0.716. The molecule has 15 heavy (non-hydrogen) atoms. The predicted molar refractivity (Wildman–Crippen MR) is 65.3 cm³/mol. The van der Waals surface area contributed by atoms with Crippen molar-refractivity contribution >= 4 is 0 Å². The van der Waals surface area contributed by atoms with E-state index >= 15 is 0 Å².